The molecule has 0 atom stereocenters. The molecule has 20 heavy (non-hydrogen) atoms. The van der Waals surface area contributed by atoms with Gasteiger partial charge >= 0.3 is 0 Å². The Bertz CT molecular complexity index is 532. The maximum atomic E-state index is 5.98. The molecule has 0 fully saturated rings. The predicted molar refractivity (Wildman–Crippen MR) is 78.7 cm³/mol. The standard InChI is InChI=1S/C14H19N5O/c1-2-9-20-14-12(15)13(18-10-19-14)17-8-5-11-3-6-16-7-4-11/h3-4,6-7,10H,2,5,8-9,15H2,1H3,(H,17,18,19). The highest BCUT2D eigenvalue weighted by molar-refractivity contribution is 5.66. The zero-order valence-corrected chi connectivity index (χ0v) is 11.5. The van der Waals surface area contributed by atoms with Crippen molar-refractivity contribution in [1.29, 1.82) is 0 Å². The predicted octanol–water partition coefficient (Wildman–Crippen LogP) is 1.90. The molecule has 0 amide bonds. The third kappa shape index (κ3) is 3.81. The van der Waals surface area contributed by atoms with E-state index in [9.17, 15) is 0 Å². The maximum Gasteiger partial charge on any atom is 0.242 e. The third-order valence-corrected chi connectivity index (χ3v) is 2.75. The van der Waals surface area contributed by atoms with E-state index in [1.54, 1.807) is 12.4 Å². The molecule has 6 heteroatoms. The van der Waals surface area contributed by atoms with Crippen LogP contribution in [0.1, 0.15) is 18.9 Å². The van der Waals surface area contributed by atoms with Crippen molar-refractivity contribution in [3.05, 3.63) is 36.4 Å². The van der Waals surface area contributed by atoms with Crippen LogP contribution in [0, 0.1) is 0 Å². The molecule has 2 aromatic rings. The molecule has 0 aliphatic carbocycles. The van der Waals surface area contributed by atoms with Gasteiger partial charge in [-0.1, -0.05) is 6.92 Å². The second kappa shape index (κ2) is 7.28. The molecule has 2 aromatic heterocycles. The monoisotopic (exact) mass is 273 g/mol. The molecule has 0 spiro atoms. The van der Waals surface area contributed by atoms with Crippen molar-refractivity contribution in [2.24, 2.45) is 0 Å². The van der Waals surface area contributed by atoms with Crippen molar-refractivity contribution in [1.82, 2.24) is 15.0 Å². The number of nitrogens with two attached hydrogens (primary N) is 1. The summed E-state index contributed by atoms with van der Waals surface area (Å²) in [5.41, 5.74) is 7.65. The van der Waals surface area contributed by atoms with E-state index in [1.165, 1.54) is 11.9 Å². The van der Waals surface area contributed by atoms with Gasteiger partial charge < -0.3 is 15.8 Å². The van der Waals surface area contributed by atoms with Gasteiger partial charge in [-0.25, -0.2) is 4.98 Å². The summed E-state index contributed by atoms with van der Waals surface area (Å²) in [4.78, 5) is 12.2. The normalized spacial score (nSPS) is 10.2. The van der Waals surface area contributed by atoms with Crippen LogP contribution in [0.15, 0.2) is 30.9 Å². The van der Waals surface area contributed by atoms with Gasteiger partial charge in [0, 0.05) is 18.9 Å². The summed E-state index contributed by atoms with van der Waals surface area (Å²) in [5, 5.41) is 3.20. The highest BCUT2D eigenvalue weighted by Crippen LogP contribution is 2.24. The van der Waals surface area contributed by atoms with Crippen LogP contribution in [-0.2, 0) is 6.42 Å². The SMILES string of the molecule is CCCOc1ncnc(NCCc2ccncc2)c1N. The number of nitrogens with one attached hydrogen (secondary N) is 1. The van der Waals surface area contributed by atoms with Crippen molar-refractivity contribution >= 4 is 11.5 Å². The summed E-state index contributed by atoms with van der Waals surface area (Å²) in [5.74, 6) is 1.05. The summed E-state index contributed by atoms with van der Waals surface area (Å²) < 4.78 is 5.47. The van der Waals surface area contributed by atoms with Crippen LogP contribution < -0.4 is 15.8 Å². The number of ether oxygens (including phenoxy) is 1. The van der Waals surface area contributed by atoms with Gasteiger partial charge in [-0.05, 0) is 30.5 Å². The van der Waals surface area contributed by atoms with E-state index in [2.05, 4.69) is 20.3 Å². The molecule has 0 bridgehead atoms. The minimum Gasteiger partial charge on any atom is -0.476 e. The molecular formula is C14H19N5O. The molecule has 2 rings (SSSR count). The van der Waals surface area contributed by atoms with Crippen LogP contribution in [0.3, 0.4) is 0 Å². The van der Waals surface area contributed by atoms with Crippen LogP contribution >= 0.6 is 0 Å². The van der Waals surface area contributed by atoms with Crippen molar-refractivity contribution in [2.45, 2.75) is 19.8 Å². The topological polar surface area (TPSA) is 86.0 Å². The molecule has 0 aromatic carbocycles. The molecule has 0 radical (unpaired) electrons. The molecular weight excluding hydrogens is 254 g/mol. The van der Waals surface area contributed by atoms with E-state index in [0.717, 1.165) is 19.4 Å². The van der Waals surface area contributed by atoms with Gasteiger partial charge in [0.25, 0.3) is 0 Å². The molecule has 106 valence electrons. The van der Waals surface area contributed by atoms with Gasteiger partial charge in [0.05, 0.1) is 6.61 Å². The lowest BCUT2D eigenvalue weighted by Gasteiger charge is -2.11. The molecule has 6 nitrogen and oxygen atoms in total. The van der Waals surface area contributed by atoms with Crippen molar-refractivity contribution in [3.63, 3.8) is 0 Å². The fraction of sp³-hybridized carbons (Fsp3) is 0.357. The van der Waals surface area contributed by atoms with Crippen molar-refractivity contribution in [2.75, 3.05) is 24.2 Å². The number of hydrogen-bond donors (Lipinski definition) is 2. The number of pyridine rings is 1. The van der Waals surface area contributed by atoms with Crippen LogP contribution in [0.5, 0.6) is 5.88 Å². The van der Waals surface area contributed by atoms with Gasteiger partial charge in [0.1, 0.15) is 12.0 Å². The fourth-order valence-electron chi connectivity index (χ4n) is 1.71. The summed E-state index contributed by atoms with van der Waals surface area (Å²) in [6, 6.07) is 3.97. The zero-order valence-electron chi connectivity index (χ0n) is 11.5. The lowest BCUT2D eigenvalue weighted by molar-refractivity contribution is 0.306. The van der Waals surface area contributed by atoms with Crippen molar-refractivity contribution in [3.8, 4) is 5.88 Å². The Morgan fingerprint density at radius 1 is 1.25 bits per heavy atom. The summed E-state index contributed by atoms with van der Waals surface area (Å²) >= 11 is 0. The Morgan fingerprint density at radius 3 is 2.80 bits per heavy atom. The lowest BCUT2D eigenvalue weighted by Crippen LogP contribution is -2.10. The van der Waals surface area contributed by atoms with Crippen molar-refractivity contribution < 1.29 is 4.74 Å². The molecule has 0 unspecified atom stereocenters. The van der Waals surface area contributed by atoms with Gasteiger partial charge in [-0.3, -0.25) is 4.98 Å². The smallest absolute Gasteiger partial charge is 0.242 e. The second-order valence-electron chi connectivity index (χ2n) is 4.32. The average molecular weight is 273 g/mol. The fourth-order valence-corrected chi connectivity index (χ4v) is 1.71. The number of nitrogen functional groups attached to an aromatic ring is 1. The van der Waals surface area contributed by atoms with E-state index in [4.69, 9.17) is 10.5 Å². The summed E-state index contributed by atoms with van der Waals surface area (Å²) in [6.07, 6.45) is 6.80. The largest absolute Gasteiger partial charge is 0.476 e. The van der Waals surface area contributed by atoms with Gasteiger partial charge in [0.15, 0.2) is 5.82 Å². The van der Waals surface area contributed by atoms with Crippen LogP contribution in [-0.4, -0.2) is 28.1 Å². The Kier molecular flexibility index (Phi) is 5.11. The third-order valence-electron chi connectivity index (χ3n) is 2.75. The summed E-state index contributed by atoms with van der Waals surface area (Å²) in [7, 11) is 0. The Labute approximate surface area is 118 Å². The van der Waals surface area contributed by atoms with E-state index >= 15 is 0 Å². The number of hydrogen-bond acceptors (Lipinski definition) is 6. The van der Waals surface area contributed by atoms with Crippen LogP contribution in [0.4, 0.5) is 11.5 Å². The Balaban J connectivity index is 1.92. The number of nitrogens with zero attached hydrogens (tertiary/aromatic N) is 3. The van der Waals surface area contributed by atoms with Gasteiger partial charge in [0.2, 0.25) is 5.88 Å². The molecule has 0 saturated carbocycles. The average Bonchev–Trinajstić information content (AvgIpc) is 2.49. The highest BCUT2D eigenvalue weighted by atomic mass is 16.5. The van der Waals surface area contributed by atoms with E-state index in [-0.39, 0.29) is 0 Å². The number of rotatable bonds is 7. The minimum atomic E-state index is 0.438. The van der Waals surface area contributed by atoms with Crippen LogP contribution in [0.2, 0.25) is 0 Å². The Morgan fingerprint density at radius 2 is 2.05 bits per heavy atom. The van der Waals surface area contributed by atoms with Crippen LogP contribution in [0.25, 0.3) is 0 Å². The van der Waals surface area contributed by atoms with E-state index in [1.807, 2.05) is 19.1 Å². The first-order valence-electron chi connectivity index (χ1n) is 6.67. The first-order chi connectivity index (χ1) is 9.81. The number of anilines is 2. The van der Waals surface area contributed by atoms with E-state index in [0.29, 0.717) is 24.0 Å². The molecule has 0 aliphatic heterocycles. The number of aromatic nitrogens is 3. The molecule has 0 saturated heterocycles. The quantitative estimate of drug-likeness (QED) is 0.801. The lowest BCUT2D eigenvalue weighted by atomic mass is 10.2. The molecule has 2 heterocycles. The molecule has 0 aliphatic rings. The summed E-state index contributed by atoms with van der Waals surface area (Å²) in [6.45, 7) is 3.36. The first-order valence-corrected chi connectivity index (χ1v) is 6.67. The van der Waals surface area contributed by atoms with E-state index < -0.39 is 0 Å². The van der Waals surface area contributed by atoms with Gasteiger partial charge in [-0.2, -0.15) is 4.98 Å². The maximum absolute atomic E-state index is 5.98. The first kappa shape index (κ1) is 14.0. The molecule has 3 N–H and O–H groups in total. The second-order valence-corrected chi connectivity index (χ2v) is 4.32. The van der Waals surface area contributed by atoms with Gasteiger partial charge in [-0.15, -0.1) is 0 Å². The highest BCUT2D eigenvalue weighted by Gasteiger charge is 2.08. The zero-order chi connectivity index (χ0) is 14.2. The Hall–Kier alpha value is -2.37. The minimum absolute atomic E-state index is 0.438.